The van der Waals surface area contributed by atoms with E-state index in [1.54, 1.807) is 36.4 Å². The molecule has 3 N–H and O–H groups in total. The van der Waals surface area contributed by atoms with Crippen molar-refractivity contribution in [3.63, 3.8) is 0 Å². The number of hydrazine groups is 1. The molecule has 3 aromatic rings. The van der Waals surface area contributed by atoms with Gasteiger partial charge in [-0.05, 0) is 42.8 Å². The summed E-state index contributed by atoms with van der Waals surface area (Å²) in [6, 6.07) is 12.9. The van der Waals surface area contributed by atoms with Crippen molar-refractivity contribution in [1.82, 2.24) is 20.6 Å². The number of benzene rings is 2. The van der Waals surface area contributed by atoms with Gasteiger partial charge in [-0.2, -0.15) is 0 Å². The van der Waals surface area contributed by atoms with E-state index in [1.807, 2.05) is 0 Å². The van der Waals surface area contributed by atoms with Crippen molar-refractivity contribution in [2.45, 2.75) is 39.2 Å². The highest BCUT2D eigenvalue weighted by Crippen LogP contribution is 2.13. The number of hydrogen-bond donors (Lipinski definition) is 3. The van der Waals surface area contributed by atoms with Crippen LogP contribution in [-0.4, -0.2) is 28.2 Å². The zero-order valence-electron chi connectivity index (χ0n) is 17.8. The first-order chi connectivity index (χ1) is 15.5. The highest BCUT2D eigenvalue weighted by Gasteiger charge is 2.12. The van der Waals surface area contributed by atoms with E-state index in [2.05, 4.69) is 22.9 Å². The zero-order valence-corrected chi connectivity index (χ0v) is 17.8. The lowest BCUT2D eigenvalue weighted by atomic mass is 10.2. The number of aromatic amines is 1. The van der Waals surface area contributed by atoms with Crippen molar-refractivity contribution in [2.24, 2.45) is 0 Å². The molecular formula is C23H26N4O5. The maximum Gasteiger partial charge on any atom is 0.273 e. The quantitative estimate of drug-likeness (QED) is 0.349. The number of ether oxygens (including phenoxy) is 1. The fraction of sp³-hybridized carbons (Fsp3) is 0.304. The molecule has 0 aliphatic rings. The largest absolute Gasteiger partial charge is 0.494 e. The molecule has 9 heteroatoms. The second-order valence-electron chi connectivity index (χ2n) is 7.31. The number of amides is 2. The van der Waals surface area contributed by atoms with Gasteiger partial charge < -0.3 is 4.74 Å². The van der Waals surface area contributed by atoms with Crippen molar-refractivity contribution in [3.8, 4) is 5.75 Å². The van der Waals surface area contributed by atoms with E-state index < -0.39 is 29.5 Å². The minimum Gasteiger partial charge on any atom is -0.494 e. The van der Waals surface area contributed by atoms with E-state index in [4.69, 9.17) is 4.74 Å². The number of fused-ring (bicyclic) bond motifs is 1. The number of H-pyrrole nitrogens is 1. The van der Waals surface area contributed by atoms with Crippen LogP contribution in [0.15, 0.2) is 58.1 Å². The van der Waals surface area contributed by atoms with Crippen LogP contribution in [0.5, 0.6) is 5.75 Å². The van der Waals surface area contributed by atoms with E-state index in [-0.39, 0.29) is 10.8 Å². The Balaban J connectivity index is 1.52. The number of carbonyl (C=O) groups is 2. The van der Waals surface area contributed by atoms with Crippen molar-refractivity contribution in [2.75, 3.05) is 6.61 Å². The topological polar surface area (TPSA) is 122 Å². The highest BCUT2D eigenvalue weighted by molar-refractivity contribution is 5.95. The van der Waals surface area contributed by atoms with Gasteiger partial charge in [0, 0.05) is 5.56 Å². The molecule has 9 nitrogen and oxygen atoms in total. The summed E-state index contributed by atoms with van der Waals surface area (Å²) in [4.78, 5) is 49.0. The van der Waals surface area contributed by atoms with Crippen LogP contribution in [0.25, 0.3) is 10.8 Å². The van der Waals surface area contributed by atoms with Crippen LogP contribution in [0.2, 0.25) is 0 Å². The molecule has 0 atom stereocenters. The van der Waals surface area contributed by atoms with E-state index >= 15 is 0 Å². The molecule has 0 aliphatic carbocycles. The second-order valence-corrected chi connectivity index (χ2v) is 7.31. The van der Waals surface area contributed by atoms with Crippen LogP contribution in [-0.2, 0) is 11.3 Å². The summed E-state index contributed by atoms with van der Waals surface area (Å²) in [6.45, 7) is 2.32. The van der Waals surface area contributed by atoms with E-state index in [9.17, 15) is 19.2 Å². The molecule has 0 unspecified atom stereocenters. The molecule has 1 heterocycles. The first-order valence-electron chi connectivity index (χ1n) is 10.5. The molecule has 0 fully saturated rings. The molecule has 0 saturated heterocycles. The first kappa shape index (κ1) is 22.8. The standard InChI is InChI=1S/C23H26N4O5/c1-2-3-4-7-14-32-17-12-10-16(11-13-17)21(29)25-24-20(28)15-27-23(31)19-9-6-5-8-18(19)22(30)26-27/h5-6,8-13H,2-4,7,14-15H2,1H3,(H,24,28)(H,25,29)(H,26,30). The molecule has 0 aliphatic heterocycles. The Bertz CT molecular complexity index is 1200. The van der Waals surface area contributed by atoms with Gasteiger partial charge in [0.05, 0.1) is 17.4 Å². The highest BCUT2D eigenvalue weighted by atomic mass is 16.5. The summed E-state index contributed by atoms with van der Waals surface area (Å²) in [5.41, 5.74) is 3.87. The maximum absolute atomic E-state index is 12.4. The number of carbonyl (C=O) groups excluding carboxylic acids is 2. The number of nitrogens with zero attached hydrogens (tertiary/aromatic N) is 1. The van der Waals surface area contributed by atoms with Crippen molar-refractivity contribution >= 4 is 22.6 Å². The molecule has 0 spiro atoms. The fourth-order valence-electron chi connectivity index (χ4n) is 3.16. The molecule has 3 rings (SSSR count). The average Bonchev–Trinajstić information content (AvgIpc) is 2.81. The average molecular weight is 438 g/mol. The summed E-state index contributed by atoms with van der Waals surface area (Å²) >= 11 is 0. The lowest BCUT2D eigenvalue weighted by Gasteiger charge is -2.10. The maximum atomic E-state index is 12.4. The zero-order chi connectivity index (χ0) is 22.9. The van der Waals surface area contributed by atoms with Gasteiger partial charge in [-0.1, -0.05) is 38.3 Å². The minimum atomic E-state index is -0.668. The SMILES string of the molecule is CCCCCCOc1ccc(C(=O)NNC(=O)Cn2[nH]c(=O)c3ccccc3c2=O)cc1. The van der Waals surface area contributed by atoms with E-state index in [1.165, 1.54) is 18.6 Å². The Kier molecular flexibility index (Phi) is 7.80. The Morgan fingerprint density at radius 3 is 2.38 bits per heavy atom. The van der Waals surface area contributed by atoms with Crippen LogP contribution in [0.4, 0.5) is 0 Å². The normalized spacial score (nSPS) is 10.7. The number of rotatable bonds is 9. The minimum absolute atomic E-state index is 0.209. The summed E-state index contributed by atoms with van der Waals surface area (Å²) in [5.74, 6) is -0.521. The van der Waals surface area contributed by atoms with Crippen LogP contribution >= 0.6 is 0 Å². The number of nitrogens with one attached hydrogen (secondary N) is 3. The monoisotopic (exact) mass is 438 g/mol. The third-order valence-corrected chi connectivity index (χ3v) is 4.88. The molecule has 168 valence electrons. The van der Waals surface area contributed by atoms with Crippen LogP contribution in [0, 0.1) is 0 Å². The van der Waals surface area contributed by atoms with Gasteiger partial charge >= 0.3 is 0 Å². The van der Waals surface area contributed by atoms with Gasteiger partial charge in [-0.15, -0.1) is 0 Å². The van der Waals surface area contributed by atoms with Gasteiger partial charge in [-0.3, -0.25) is 35.1 Å². The van der Waals surface area contributed by atoms with Crippen LogP contribution in [0.1, 0.15) is 43.0 Å². The Labute approximate surface area is 184 Å². The number of aromatic nitrogens is 2. The fourth-order valence-corrected chi connectivity index (χ4v) is 3.16. The van der Waals surface area contributed by atoms with Gasteiger partial charge in [0.1, 0.15) is 12.3 Å². The molecule has 2 amide bonds. The summed E-state index contributed by atoms with van der Waals surface area (Å²) < 4.78 is 6.54. The van der Waals surface area contributed by atoms with Crippen molar-refractivity contribution < 1.29 is 14.3 Å². The lowest BCUT2D eigenvalue weighted by Crippen LogP contribution is -2.45. The Morgan fingerprint density at radius 2 is 1.66 bits per heavy atom. The predicted octanol–water partition coefficient (Wildman–Crippen LogP) is 2.11. The molecule has 0 saturated carbocycles. The smallest absolute Gasteiger partial charge is 0.273 e. The van der Waals surface area contributed by atoms with Gasteiger partial charge in [0.25, 0.3) is 22.9 Å². The van der Waals surface area contributed by atoms with Crippen LogP contribution < -0.4 is 26.7 Å². The number of unbranched alkanes of at least 4 members (excludes halogenated alkanes) is 3. The van der Waals surface area contributed by atoms with Crippen molar-refractivity contribution in [1.29, 1.82) is 0 Å². The molecule has 0 radical (unpaired) electrons. The second kappa shape index (κ2) is 10.9. The molecule has 0 bridgehead atoms. The van der Waals surface area contributed by atoms with Gasteiger partial charge in [-0.25, -0.2) is 4.68 Å². The third-order valence-electron chi connectivity index (χ3n) is 4.88. The summed E-state index contributed by atoms with van der Waals surface area (Å²) in [5, 5.41) is 2.82. The van der Waals surface area contributed by atoms with E-state index in [0.717, 1.165) is 23.9 Å². The molecular weight excluding hydrogens is 412 g/mol. The molecule has 2 aromatic carbocycles. The number of hydrogen-bond acceptors (Lipinski definition) is 5. The molecule has 1 aromatic heterocycles. The van der Waals surface area contributed by atoms with Gasteiger partial charge in [0.15, 0.2) is 0 Å². The first-order valence-corrected chi connectivity index (χ1v) is 10.5. The molecule has 32 heavy (non-hydrogen) atoms. The van der Waals surface area contributed by atoms with Gasteiger partial charge in [0.2, 0.25) is 0 Å². The van der Waals surface area contributed by atoms with Crippen molar-refractivity contribution in [3.05, 3.63) is 74.8 Å². The lowest BCUT2D eigenvalue weighted by molar-refractivity contribution is -0.122. The Hall–Kier alpha value is -3.88. The Morgan fingerprint density at radius 1 is 0.938 bits per heavy atom. The van der Waals surface area contributed by atoms with Crippen LogP contribution in [0.3, 0.4) is 0 Å². The summed E-state index contributed by atoms with van der Waals surface area (Å²) in [7, 11) is 0. The van der Waals surface area contributed by atoms with E-state index in [0.29, 0.717) is 17.9 Å². The predicted molar refractivity (Wildman–Crippen MR) is 121 cm³/mol. The summed E-state index contributed by atoms with van der Waals surface area (Å²) in [6.07, 6.45) is 4.45. The third kappa shape index (κ3) is 5.84.